The highest BCUT2D eigenvalue weighted by molar-refractivity contribution is 5.80. The van der Waals surface area contributed by atoms with Gasteiger partial charge >= 0.3 is 12.1 Å². The largest absolute Gasteiger partial charge is 0.481 e. The highest BCUT2D eigenvalue weighted by Gasteiger charge is 2.30. The van der Waals surface area contributed by atoms with Crippen molar-refractivity contribution in [3.63, 3.8) is 0 Å². The number of carbonyl (C=O) groups is 3. The maximum atomic E-state index is 12.7. The summed E-state index contributed by atoms with van der Waals surface area (Å²) in [5, 5.41) is 15.0. The van der Waals surface area contributed by atoms with E-state index in [2.05, 4.69) is 34.9 Å². The molecule has 0 radical (unpaired) electrons. The Morgan fingerprint density at radius 1 is 0.943 bits per heavy atom. The lowest BCUT2D eigenvalue weighted by Crippen LogP contribution is -2.45. The number of aliphatic carboxylic acids is 1. The Morgan fingerprint density at radius 3 is 2.11 bits per heavy atom. The van der Waals surface area contributed by atoms with Gasteiger partial charge in [-0.2, -0.15) is 0 Å². The van der Waals surface area contributed by atoms with Crippen molar-refractivity contribution in [1.29, 1.82) is 0 Å². The van der Waals surface area contributed by atoms with E-state index < -0.39 is 12.1 Å². The summed E-state index contributed by atoms with van der Waals surface area (Å²) in [7, 11) is 0. The van der Waals surface area contributed by atoms with E-state index in [1.54, 1.807) is 0 Å². The van der Waals surface area contributed by atoms with Crippen molar-refractivity contribution in [2.75, 3.05) is 6.61 Å². The molecule has 1 saturated carbocycles. The molecular weight excluding hydrogens is 444 g/mol. The van der Waals surface area contributed by atoms with E-state index in [1.807, 2.05) is 31.2 Å². The van der Waals surface area contributed by atoms with Crippen molar-refractivity contribution < 1.29 is 24.2 Å². The van der Waals surface area contributed by atoms with Crippen LogP contribution in [0.4, 0.5) is 4.79 Å². The Hall–Kier alpha value is -3.35. The van der Waals surface area contributed by atoms with E-state index in [9.17, 15) is 19.5 Å². The molecule has 35 heavy (non-hydrogen) atoms. The van der Waals surface area contributed by atoms with Gasteiger partial charge in [0.25, 0.3) is 0 Å². The summed E-state index contributed by atoms with van der Waals surface area (Å²) in [6.45, 7) is 2.11. The number of ether oxygens (including phenoxy) is 1. The van der Waals surface area contributed by atoms with Crippen molar-refractivity contribution >= 4 is 18.0 Å². The molecule has 2 aromatic rings. The molecule has 0 aromatic heterocycles. The molecule has 2 aliphatic carbocycles. The van der Waals surface area contributed by atoms with E-state index in [0.29, 0.717) is 6.42 Å². The fourth-order valence-corrected chi connectivity index (χ4v) is 5.48. The van der Waals surface area contributed by atoms with E-state index in [-0.39, 0.29) is 49.3 Å². The predicted molar refractivity (Wildman–Crippen MR) is 133 cm³/mol. The van der Waals surface area contributed by atoms with Crippen LogP contribution in [0.5, 0.6) is 0 Å². The number of alkyl carbamates (subject to hydrolysis) is 1. The van der Waals surface area contributed by atoms with E-state index in [1.165, 1.54) is 11.1 Å². The zero-order valence-electron chi connectivity index (χ0n) is 20.2. The number of benzene rings is 2. The summed E-state index contributed by atoms with van der Waals surface area (Å²) in [6, 6.07) is 15.6. The number of fused-ring (bicyclic) bond motifs is 3. The van der Waals surface area contributed by atoms with Gasteiger partial charge in [0.15, 0.2) is 0 Å². The second-order valence-electron chi connectivity index (χ2n) is 9.60. The maximum Gasteiger partial charge on any atom is 0.407 e. The lowest BCUT2D eigenvalue weighted by molar-refractivity contribution is -0.138. The number of hydrogen-bond donors (Lipinski definition) is 3. The van der Waals surface area contributed by atoms with Crippen molar-refractivity contribution in [2.45, 2.75) is 69.9 Å². The highest BCUT2D eigenvalue weighted by atomic mass is 16.5. The smallest absolute Gasteiger partial charge is 0.407 e. The highest BCUT2D eigenvalue weighted by Crippen LogP contribution is 2.44. The third kappa shape index (κ3) is 6.02. The molecular formula is C28H34N2O5. The number of hydrogen-bond acceptors (Lipinski definition) is 4. The number of amides is 2. The maximum absolute atomic E-state index is 12.7. The van der Waals surface area contributed by atoms with Gasteiger partial charge in [-0.15, -0.1) is 0 Å². The molecule has 0 saturated heterocycles. The van der Waals surface area contributed by atoms with Crippen molar-refractivity contribution in [1.82, 2.24) is 10.6 Å². The average molecular weight is 479 g/mol. The third-order valence-corrected chi connectivity index (χ3v) is 7.30. The number of carbonyl (C=O) groups excluding carboxylic acids is 2. The first-order chi connectivity index (χ1) is 17.0. The molecule has 1 unspecified atom stereocenters. The summed E-state index contributed by atoms with van der Waals surface area (Å²) >= 11 is 0. The summed E-state index contributed by atoms with van der Waals surface area (Å²) in [5.41, 5.74) is 4.62. The normalized spacial score (nSPS) is 16.7. The van der Waals surface area contributed by atoms with Gasteiger partial charge in [0.1, 0.15) is 6.61 Å². The molecule has 7 heteroatoms. The Balaban J connectivity index is 1.31. The SMILES string of the molecule is CC[C@@H](CC(=O)NC(CC(=O)O)C1CCCC1)NC(=O)OCC1c2ccccc2-c2ccccc21. The fraction of sp³-hybridized carbons (Fsp3) is 0.464. The second-order valence-corrected chi connectivity index (χ2v) is 9.60. The number of rotatable bonds is 10. The van der Waals surface area contributed by atoms with Crippen LogP contribution < -0.4 is 10.6 Å². The standard InChI is InChI=1S/C28H34N2O5/c1-2-19(15-26(31)30-25(16-27(32)33)18-9-3-4-10-18)29-28(34)35-17-24-22-13-7-5-11-20(22)21-12-6-8-14-23(21)24/h5-8,11-14,18-19,24-25H,2-4,9-10,15-17H2,1H3,(H,29,34)(H,30,31)(H,32,33)/t19-,25?/m0/s1. The number of nitrogens with one attached hydrogen (secondary N) is 2. The van der Waals surface area contributed by atoms with Gasteiger partial charge in [0.05, 0.1) is 6.42 Å². The second kappa shape index (κ2) is 11.4. The topological polar surface area (TPSA) is 105 Å². The van der Waals surface area contributed by atoms with Crippen LogP contribution in [0.3, 0.4) is 0 Å². The molecule has 7 nitrogen and oxygen atoms in total. The molecule has 0 spiro atoms. The first-order valence-electron chi connectivity index (χ1n) is 12.6. The van der Waals surface area contributed by atoms with Crippen LogP contribution in [0.1, 0.15) is 68.9 Å². The molecule has 0 heterocycles. The quantitative estimate of drug-likeness (QED) is 0.453. The van der Waals surface area contributed by atoms with Crippen LogP contribution in [0.15, 0.2) is 48.5 Å². The van der Waals surface area contributed by atoms with Crippen LogP contribution >= 0.6 is 0 Å². The number of carboxylic acids is 1. The van der Waals surface area contributed by atoms with Gasteiger partial charge in [0, 0.05) is 24.4 Å². The summed E-state index contributed by atoms with van der Waals surface area (Å²) in [4.78, 5) is 36.6. The molecule has 0 bridgehead atoms. The molecule has 0 aliphatic heterocycles. The molecule has 4 rings (SSSR count). The van der Waals surface area contributed by atoms with E-state index in [4.69, 9.17) is 4.74 Å². The molecule has 2 aromatic carbocycles. The Morgan fingerprint density at radius 2 is 1.54 bits per heavy atom. The molecule has 2 atom stereocenters. The summed E-state index contributed by atoms with van der Waals surface area (Å²) in [6.07, 6.45) is 4.03. The van der Waals surface area contributed by atoms with Crippen LogP contribution in [-0.2, 0) is 14.3 Å². The Labute approximate surface area is 206 Å². The van der Waals surface area contributed by atoms with Crippen molar-refractivity contribution in [3.05, 3.63) is 59.7 Å². The summed E-state index contributed by atoms with van der Waals surface area (Å²) < 4.78 is 5.61. The van der Waals surface area contributed by atoms with Gasteiger partial charge in [0.2, 0.25) is 5.91 Å². The lowest BCUT2D eigenvalue weighted by Gasteiger charge is -2.25. The first kappa shape index (κ1) is 24.8. The zero-order chi connectivity index (χ0) is 24.8. The van der Waals surface area contributed by atoms with Crippen LogP contribution in [0, 0.1) is 5.92 Å². The van der Waals surface area contributed by atoms with Crippen LogP contribution in [0.25, 0.3) is 11.1 Å². The number of carboxylic acid groups (broad SMARTS) is 1. The van der Waals surface area contributed by atoms with E-state index in [0.717, 1.165) is 36.8 Å². The molecule has 3 N–H and O–H groups in total. The van der Waals surface area contributed by atoms with Crippen molar-refractivity contribution in [2.24, 2.45) is 5.92 Å². The molecule has 1 fully saturated rings. The van der Waals surface area contributed by atoms with Gasteiger partial charge in [-0.25, -0.2) is 4.79 Å². The minimum atomic E-state index is -0.911. The monoisotopic (exact) mass is 478 g/mol. The minimum Gasteiger partial charge on any atom is -0.481 e. The van der Waals surface area contributed by atoms with Crippen LogP contribution in [-0.4, -0.2) is 41.8 Å². The van der Waals surface area contributed by atoms with Gasteiger partial charge < -0.3 is 20.5 Å². The minimum absolute atomic E-state index is 0.0280. The molecule has 2 amide bonds. The zero-order valence-corrected chi connectivity index (χ0v) is 20.2. The van der Waals surface area contributed by atoms with Gasteiger partial charge in [-0.1, -0.05) is 68.3 Å². The van der Waals surface area contributed by atoms with Crippen molar-refractivity contribution in [3.8, 4) is 11.1 Å². The Kier molecular flexibility index (Phi) is 8.06. The van der Waals surface area contributed by atoms with Gasteiger partial charge in [-0.05, 0) is 47.4 Å². The lowest BCUT2D eigenvalue weighted by atomic mass is 9.95. The predicted octanol–water partition coefficient (Wildman–Crippen LogP) is 4.84. The van der Waals surface area contributed by atoms with E-state index >= 15 is 0 Å². The molecule has 186 valence electrons. The van der Waals surface area contributed by atoms with Crippen LogP contribution in [0.2, 0.25) is 0 Å². The summed E-state index contributed by atoms with van der Waals surface area (Å²) in [5.74, 6) is -0.982. The van der Waals surface area contributed by atoms with Gasteiger partial charge in [-0.3, -0.25) is 9.59 Å². The fourth-order valence-electron chi connectivity index (χ4n) is 5.48. The third-order valence-electron chi connectivity index (χ3n) is 7.30. The Bertz CT molecular complexity index is 1020. The first-order valence-corrected chi connectivity index (χ1v) is 12.6. The average Bonchev–Trinajstić information content (AvgIpc) is 3.49. The molecule has 2 aliphatic rings.